The Kier molecular flexibility index (Phi) is 5.95. The molecule has 1 aromatic carbocycles. The highest BCUT2D eigenvalue weighted by Gasteiger charge is 2.33. The Labute approximate surface area is 156 Å². The van der Waals surface area contributed by atoms with Crippen LogP contribution in [0.4, 0.5) is 10.8 Å². The molecule has 8 heteroatoms. The van der Waals surface area contributed by atoms with Crippen molar-refractivity contribution in [3.63, 3.8) is 0 Å². The smallest absolute Gasteiger partial charge is 0.228 e. The summed E-state index contributed by atoms with van der Waals surface area (Å²) in [6.45, 7) is 5.45. The van der Waals surface area contributed by atoms with Gasteiger partial charge >= 0.3 is 0 Å². The van der Waals surface area contributed by atoms with Gasteiger partial charge in [0, 0.05) is 31.2 Å². The molecule has 3 rings (SSSR count). The average molecular weight is 374 g/mol. The van der Waals surface area contributed by atoms with Crippen molar-refractivity contribution >= 4 is 34.0 Å². The number of carbonyl (C=O) groups is 2. The van der Waals surface area contributed by atoms with E-state index in [0.29, 0.717) is 31.3 Å². The quantitative estimate of drug-likeness (QED) is 0.753. The summed E-state index contributed by atoms with van der Waals surface area (Å²) in [7, 11) is 0. The summed E-state index contributed by atoms with van der Waals surface area (Å²) in [5.41, 5.74) is 2.06. The minimum absolute atomic E-state index is 0.00428. The maximum absolute atomic E-state index is 12.4. The number of nitrogens with one attached hydrogen (secondary N) is 1. The second-order valence-corrected chi connectivity index (χ2v) is 7.19. The number of aryl methyl sites for hydroxylation is 1. The van der Waals surface area contributed by atoms with Crippen LogP contribution in [0, 0.1) is 6.92 Å². The largest absolute Gasteiger partial charge is 0.381 e. The number of nitrogens with zero attached hydrogens (tertiary/aromatic N) is 3. The van der Waals surface area contributed by atoms with Crippen LogP contribution in [0.1, 0.15) is 36.3 Å². The molecule has 1 saturated heterocycles. The van der Waals surface area contributed by atoms with Crippen molar-refractivity contribution in [3.8, 4) is 0 Å². The van der Waals surface area contributed by atoms with Gasteiger partial charge in [-0.3, -0.25) is 9.59 Å². The Bertz CT molecular complexity index is 775. The van der Waals surface area contributed by atoms with Crippen molar-refractivity contribution in [2.75, 3.05) is 30.0 Å². The van der Waals surface area contributed by atoms with Crippen molar-refractivity contribution in [1.82, 2.24) is 10.2 Å². The van der Waals surface area contributed by atoms with E-state index in [1.807, 2.05) is 38.1 Å². The molecular weight excluding hydrogens is 352 g/mol. The molecule has 1 aromatic heterocycles. The third-order valence-corrected chi connectivity index (χ3v) is 5.19. The van der Waals surface area contributed by atoms with Crippen molar-refractivity contribution < 1.29 is 14.3 Å². The van der Waals surface area contributed by atoms with Crippen LogP contribution >= 0.6 is 11.3 Å². The minimum atomic E-state index is -0.148. The second-order valence-electron chi connectivity index (χ2n) is 6.18. The van der Waals surface area contributed by atoms with Crippen LogP contribution in [-0.2, 0) is 14.3 Å². The predicted octanol–water partition coefficient (Wildman–Crippen LogP) is 2.73. The SMILES string of the molecule is CCOCCC(=O)Nc1nnc([C@@H]2CC(=O)N(c3ccc(C)cc3)C2)s1. The fourth-order valence-corrected chi connectivity index (χ4v) is 3.64. The molecule has 0 saturated carbocycles. The van der Waals surface area contributed by atoms with Gasteiger partial charge in [-0.1, -0.05) is 29.0 Å². The van der Waals surface area contributed by atoms with Gasteiger partial charge in [0.15, 0.2) is 0 Å². The van der Waals surface area contributed by atoms with Gasteiger partial charge in [-0.05, 0) is 26.0 Å². The Hall–Kier alpha value is -2.32. The molecule has 2 aromatic rings. The molecular formula is C18H22N4O3S. The first-order valence-electron chi connectivity index (χ1n) is 8.65. The zero-order chi connectivity index (χ0) is 18.5. The average Bonchev–Trinajstić information content (AvgIpc) is 3.22. The number of anilines is 2. The molecule has 0 bridgehead atoms. The van der Waals surface area contributed by atoms with Crippen LogP contribution in [0.5, 0.6) is 0 Å². The van der Waals surface area contributed by atoms with Crippen molar-refractivity contribution in [2.45, 2.75) is 32.6 Å². The zero-order valence-corrected chi connectivity index (χ0v) is 15.7. The Morgan fingerprint density at radius 2 is 2.12 bits per heavy atom. The number of hydrogen-bond acceptors (Lipinski definition) is 6. The number of ether oxygens (including phenoxy) is 1. The lowest BCUT2D eigenvalue weighted by molar-refractivity contribution is -0.118. The van der Waals surface area contributed by atoms with Crippen LogP contribution in [0.2, 0.25) is 0 Å². The Balaban J connectivity index is 1.60. The molecule has 0 unspecified atom stereocenters. The molecule has 2 amide bonds. The number of amides is 2. The fraction of sp³-hybridized carbons (Fsp3) is 0.444. The molecule has 1 atom stereocenters. The van der Waals surface area contributed by atoms with Gasteiger partial charge in [-0.25, -0.2) is 0 Å². The number of rotatable bonds is 7. The highest BCUT2D eigenvalue weighted by molar-refractivity contribution is 7.15. The van der Waals surface area contributed by atoms with Crippen molar-refractivity contribution in [3.05, 3.63) is 34.8 Å². The Morgan fingerprint density at radius 1 is 1.35 bits per heavy atom. The highest BCUT2D eigenvalue weighted by Crippen LogP contribution is 2.34. The normalized spacial score (nSPS) is 16.9. The third-order valence-electron chi connectivity index (χ3n) is 4.18. The van der Waals surface area contributed by atoms with Gasteiger partial charge in [0.05, 0.1) is 13.0 Å². The van der Waals surface area contributed by atoms with Crippen LogP contribution in [-0.4, -0.2) is 41.8 Å². The molecule has 138 valence electrons. The Morgan fingerprint density at radius 3 is 2.85 bits per heavy atom. The summed E-state index contributed by atoms with van der Waals surface area (Å²) in [5, 5.41) is 12.2. The van der Waals surface area contributed by atoms with E-state index < -0.39 is 0 Å². The number of benzene rings is 1. The molecule has 1 aliphatic heterocycles. The van der Waals surface area contributed by atoms with E-state index in [1.54, 1.807) is 4.90 Å². The van der Waals surface area contributed by atoms with E-state index >= 15 is 0 Å². The van der Waals surface area contributed by atoms with E-state index in [4.69, 9.17) is 4.74 Å². The molecule has 0 spiro atoms. The molecule has 0 radical (unpaired) electrons. The second kappa shape index (κ2) is 8.37. The van der Waals surface area contributed by atoms with E-state index in [0.717, 1.165) is 16.3 Å². The third kappa shape index (κ3) is 4.44. The van der Waals surface area contributed by atoms with Crippen LogP contribution in [0.25, 0.3) is 0 Å². The maximum Gasteiger partial charge on any atom is 0.228 e. The van der Waals surface area contributed by atoms with Gasteiger partial charge in [0.1, 0.15) is 5.01 Å². The molecule has 0 aliphatic carbocycles. The zero-order valence-electron chi connectivity index (χ0n) is 14.9. The van der Waals surface area contributed by atoms with Gasteiger partial charge in [0.2, 0.25) is 16.9 Å². The van der Waals surface area contributed by atoms with Gasteiger partial charge in [0.25, 0.3) is 0 Å². The van der Waals surface area contributed by atoms with E-state index in [1.165, 1.54) is 11.3 Å². The summed E-state index contributed by atoms with van der Waals surface area (Å²) in [5.74, 6) is -0.0725. The summed E-state index contributed by atoms with van der Waals surface area (Å²) < 4.78 is 5.16. The van der Waals surface area contributed by atoms with Crippen molar-refractivity contribution in [1.29, 1.82) is 0 Å². The summed E-state index contributed by atoms with van der Waals surface area (Å²) >= 11 is 1.33. The van der Waals surface area contributed by atoms with Crippen molar-refractivity contribution in [2.24, 2.45) is 0 Å². The first-order valence-corrected chi connectivity index (χ1v) is 9.46. The first kappa shape index (κ1) is 18.5. The number of carbonyl (C=O) groups excluding carboxylic acids is 2. The molecule has 1 N–H and O–H groups in total. The summed E-state index contributed by atoms with van der Waals surface area (Å²) in [4.78, 5) is 26.0. The lowest BCUT2D eigenvalue weighted by Crippen LogP contribution is -2.24. The first-order chi connectivity index (χ1) is 12.6. The van der Waals surface area contributed by atoms with Gasteiger partial charge < -0.3 is 15.0 Å². The fourth-order valence-electron chi connectivity index (χ4n) is 2.79. The molecule has 26 heavy (non-hydrogen) atoms. The highest BCUT2D eigenvalue weighted by atomic mass is 32.1. The maximum atomic E-state index is 12.4. The topological polar surface area (TPSA) is 84.4 Å². The van der Waals surface area contributed by atoms with Crippen LogP contribution in [0.15, 0.2) is 24.3 Å². The predicted molar refractivity (Wildman–Crippen MR) is 101 cm³/mol. The number of aromatic nitrogens is 2. The van der Waals surface area contributed by atoms with Crippen LogP contribution < -0.4 is 10.2 Å². The van der Waals surface area contributed by atoms with Gasteiger partial charge in [-0.2, -0.15) is 0 Å². The minimum Gasteiger partial charge on any atom is -0.381 e. The van der Waals surface area contributed by atoms with Gasteiger partial charge in [-0.15, -0.1) is 10.2 Å². The van der Waals surface area contributed by atoms with Crippen LogP contribution in [0.3, 0.4) is 0 Å². The summed E-state index contributed by atoms with van der Waals surface area (Å²) in [6.07, 6.45) is 0.687. The van der Waals surface area contributed by atoms with E-state index in [-0.39, 0.29) is 24.2 Å². The monoisotopic (exact) mass is 374 g/mol. The van der Waals surface area contributed by atoms with E-state index in [2.05, 4.69) is 15.5 Å². The lowest BCUT2D eigenvalue weighted by Gasteiger charge is -2.16. The molecule has 2 heterocycles. The molecule has 1 fully saturated rings. The standard InChI is InChI=1S/C18H22N4O3S/c1-3-25-9-8-15(23)19-18-21-20-17(26-18)13-10-16(24)22(11-13)14-6-4-12(2)5-7-14/h4-7,13H,3,8-11H2,1-2H3,(H,19,21,23)/t13-/m1/s1. The lowest BCUT2D eigenvalue weighted by atomic mass is 10.1. The molecule has 7 nitrogen and oxygen atoms in total. The molecule has 1 aliphatic rings. The number of hydrogen-bond donors (Lipinski definition) is 1. The summed E-state index contributed by atoms with van der Waals surface area (Å²) in [6, 6.07) is 7.91. The van der Waals surface area contributed by atoms with E-state index in [9.17, 15) is 9.59 Å².